The third kappa shape index (κ3) is 4.70. The zero-order valence-corrected chi connectivity index (χ0v) is 13.4. The number of hydrogen-bond acceptors (Lipinski definition) is 4. The Bertz CT molecular complexity index is 563. The van der Waals surface area contributed by atoms with Crippen molar-refractivity contribution in [3.63, 3.8) is 0 Å². The smallest absolute Gasteiger partial charge is 0.408 e. The Kier molecular flexibility index (Phi) is 5.33. The molecule has 1 aliphatic rings. The second-order valence-corrected chi connectivity index (χ2v) is 5.76. The second-order valence-electron chi connectivity index (χ2n) is 5.76. The fourth-order valence-corrected chi connectivity index (χ4v) is 2.67. The molecule has 1 aliphatic carbocycles. The highest BCUT2D eigenvalue weighted by Crippen LogP contribution is 2.27. The molecule has 0 N–H and O–H groups in total. The number of halogens is 3. The number of aromatic nitrogens is 2. The van der Waals surface area contributed by atoms with Crippen LogP contribution in [-0.2, 0) is 27.2 Å². The second kappa shape index (κ2) is 6.90. The van der Waals surface area contributed by atoms with E-state index in [1.165, 1.54) is 6.92 Å². The number of hydrogen-bond donors (Lipinski definition) is 0. The van der Waals surface area contributed by atoms with E-state index in [-0.39, 0.29) is 18.6 Å². The van der Waals surface area contributed by atoms with E-state index in [9.17, 15) is 18.0 Å². The summed E-state index contributed by atoms with van der Waals surface area (Å²) in [7, 11) is 0. The van der Waals surface area contributed by atoms with Gasteiger partial charge in [-0.2, -0.15) is 18.3 Å². The summed E-state index contributed by atoms with van der Waals surface area (Å²) in [6.07, 6.45) is -3.09. The zero-order valence-electron chi connectivity index (χ0n) is 13.4. The predicted molar refractivity (Wildman–Crippen MR) is 76.0 cm³/mol. The lowest BCUT2D eigenvalue weighted by molar-refractivity contribution is -0.161. The molecule has 8 heteroatoms. The van der Waals surface area contributed by atoms with Crippen molar-refractivity contribution in [1.29, 1.82) is 0 Å². The summed E-state index contributed by atoms with van der Waals surface area (Å²) >= 11 is 0. The fraction of sp³-hybridized carbons (Fsp3) is 0.733. The van der Waals surface area contributed by atoms with E-state index in [4.69, 9.17) is 9.47 Å². The first kappa shape index (κ1) is 17.8. The Hall–Kier alpha value is -1.57. The van der Waals surface area contributed by atoms with Gasteiger partial charge < -0.3 is 9.47 Å². The quantitative estimate of drug-likeness (QED) is 0.751. The van der Waals surface area contributed by atoms with Gasteiger partial charge in [-0.05, 0) is 20.8 Å². The number of carbonyl (C=O) groups is 1. The molecular formula is C15H21F3N2O3. The lowest BCUT2D eigenvalue weighted by Crippen LogP contribution is -2.39. The van der Waals surface area contributed by atoms with Crippen LogP contribution in [0.25, 0.3) is 0 Å². The number of rotatable bonds is 6. The molecule has 1 aromatic rings. The summed E-state index contributed by atoms with van der Waals surface area (Å²) < 4.78 is 49.0. The SMILES string of the molecule is CCOC1CC(OC(=O)Cc2c(C)nn(CC(F)(F)F)c2C)C1. The third-order valence-electron chi connectivity index (χ3n) is 3.93. The van der Waals surface area contributed by atoms with E-state index in [1.807, 2.05) is 6.92 Å². The molecule has 0 spiro atoms. The molecule has 0 unspecified atom stereocenters. The van der Waals surface area contributed by atoms with Crippen LogP contribution in [0.4, 0.5) is 13.2 Å². The van der Waals surface area contributed by atoms with Gasteiger partial charge in [0.15, 0.2) is 0 Å². The summed E-state index contributed by atoms with van der Waals surface area (Å²) in [6.45, 7) is 4.50. The van der Waals surface area contributed by atoms with Gasteiger partial charge in [0, 0.05) is 30.7 Å². The first-order valence-corrected chi connectivity index (χ1v) is 7.60. The van der Waals surface area contributed by atoms with Crippen molar-refractivity contribution in [2.45, 2.75) is 65.0 Å². The summed E-state index contributed by atoms with van der Waals surface area (Å²) in [5, 5.41) is 3.87. The molecule has 1 aromatic heterocycles. The van der Waals surface area contributed by atoms with Crippen LogP contribution in [0.5, 0.6) is 0 Å². The van der Waals surface area contributed by atoms with Crippen molar-refractivity contribution in [2.24, 2.45) is 0 Å². The molecule has 0 saturated heterocycles. The lowest BCUT2D eigenvalue weighted by Gasteiger charge is -2.34. The van der Waals surface area contributed by atoms with Crippen molar-refractivity contribution in [3.8, 4) is 0 Å². The van der Waals surface area contributed by atoms with Gasteiger partial charge >= 0.3 is 12.1 Å². The number of carbonyl (C=O) groups excluding carboxylic acids is 1. The predicted octanol–water partition coefficient (Wildman–Crippen LogP) is 2.72. The molecule has 0 aromatic carbocycles. The van der Waals surface area contributed by atoms with Crippen LogP contribution >= 0.6 is 0 Å². The maximum Gasteiger partial charge on any atom is 0.408 e. The zero-order chi connectivity index (χ0) is 17.2. The summed E-state index contributed by atoms with van der Waals surface area (Å²) in [5.74, 6) is -0.442. The minimum atomic E-state index is -4.35. The highest BCUT2D eigenvalue weighted by molar-refractivity contribution is 5.73. The number of nitrogens with zero attached hydrogens (tertiary/aromatic N) is 2. The number of ether oxygens (including phenoxy) is 2. The van der Waals surface area contributed by atoms with Gasteiger partial charge in [0.1, 0.15) is 12.6 Å². The van der Waals surface area contributed by atoms with Crippen LogP contribution in [0.15, 0.2) is 0 Å². The average Bonchev–Trinajstić information content (AvgIpc) is 2.62. The topological polar surface area (TPSA) is 53.4 Å². The standard InChI is InChI=1S/C15H21F3N2O3/c1-4-22-11-5-12(6-11)23-14(21)7-13-9(2)19-20(10(13)3)8-15(16,17)18/h11-12H,4-8H2,1-3H3. The Labute approximate surface area is 132 Å². The first-order chi connectivity index (χ1) is 10.7. The molecule has 0 aliphatic heterocycles. The monoisotopic (exact) mass is 334 g/mol. The maximum absolute atomic E-state index is 12.5. The van der Waals surface area contributed by atoms with E-state index in [0.717, 1.165) is 4.68 Å². The summed E-state index contributed by atoms with van der Waals surface area (Å²) in [4.78, 5) is 12.0. The van der Waals surface area contributed by atoms with Crippen LogP contribution in [0, 0.1) is 13.8 Å². The molecule has 5 nitrogen and oxygen atoms in total. The number of alkyl halides is 3. The van der Waals surface area contributed by atoms with Gasteiger partial charge in [0.2, 0.25) is 0 Å². The van der Waals surface area contributed by atoms with Gasteiger partial charge in [0.25, 0.3) is 0 Å². The van der Waals surface area contributed by atoms with E-state index in [1.54, 1.807) is 6.92 Å². The lowest BCUT2D eigenvalue weighted by atomic mass is 9.92. The van der Waals surface area contributed by atoms with E-state index in [0.29, 0.717) is 36.4 Å². The number of esters is 1. The molecule has 0 atom stereocenters. The van der Waals surface area contributed by atoms with Crippen LogP contribution < -0.4 is 0 Å². The van der Waals surface area contributed by atoms with Gasteiger partial charge in [-0.15, -0.1) is 0 Å². The Balaban J connectivity index is 1.91. The largest absolute Gasteiger partial charge is 0.462 e. The van der Waals surface area contributed by atoms with Gasteiger partial charge in [-0.3, -0.25) is 9.48 Å². The molecule has 2 rings (SSSR count). The van der Waals surface area contributed by atoms with Crippen molar-refractivity contribution in [1.82, 2.24) is 9.78 Å². The summed E-state index contributed by atoms with van der Waals surface area (Å²) in [6, 6.07) is 0. The maximum atomic E-state index is 12.5. The van der Waals surface area contributed by atoms with Gasteiger partial charge in [0.05, 0.1) is 18.2 Å². The van der Waals surface area contributed by atoms with Crippen molar-refractivity contribution < 1.29 is 27.4 Å². The van der Waals surface area contributed by atoms with Gasteiger partial charge in [-0.1, -0.05) is 0 Å². The van der Waals surface area contributed by atoms with E-state index >= 15 is 0 Å². The molecule has 1 fully saturated rings. The van der Waals surface area contributed by atoms with E-state index in [2.05, 4.69) is 5.10 Å². The highest BCUT2D eigenvalue weighted by Gasteiger charge is 2.33. The molecule has 0 bridgehead atoms. The van der Waals surface area contributed by atoms with E-state index < -0.39 is 18.7 Å². The molecule has 0 amide bonds. The molecular weight excluding hydrogens is 313 g/mol. The fourth-order valence-electron chi connectivity index (χ4n) is 2.67. The molecule has 0 radical (unpaired) electrons. The normalized spacial score (nSPS) is 21.1. The van der Waals surface area contributed by atoms with Crippen molar-refractivity contribution >= 4 is 5.97 Å². The number of aryl methyl sites for hydroxylation is 1. The third-order valence-corrected chi connectivity index (χ3v) is 3.93. The molecule has 1 heterocycles. The van der Waals surface area contributed by atoms with Crippen molar-refractivity contribution in [3.05, 3.63) is 17.0 Å². The Morgan fingerprint density at radius 2 is 1.96 bits per heavy atom. The van der Waals surface area contributed by atoms with Crippen LogP contribution in [0.3, 0.4) is 0 Å². The molecule has 130 valence electrons. The first-order valence-electron chi connectivity index (χ1n) is 7.60. The molecule has 1 saturated carbocycles. The van der Waals surface area contributed by atoms with Crippen LogP contribution in [0.2, 0.25) is 0 Å². The summed E-state index contributed by atoms with van der Waals surface area (Å²) in [5.41, 5.74) is 1.27. The Morgan fingerprint density at radius 1 is 1.30 bits per heavy atom. The van der Waals surface area contributed by atoms with Crippen molar-refractivity contribution in [2.75, 3.05) is 6.61 Å². The highest BCUT2D eigenvalue weighted by atomic mass is 19.4. The van der Waals surface area contributed by atoms with Crippen LogP contribution in [-0.4, -0.2) is 40.7 Å². The molecule has 23 heavy (non-hydrogen) atoms. The Morgan fingerprint density at radius 3 is 2.52 bits per heavy atom. The van der Waals surface area contributed by atoms with Crippen LogP contribution in [0.1, 0.15) is 36.7 Å². The van der Waals surface area contributed by atoms with Gasteiger partial charge in [-0.25, -0.2) is 0 Å². The minimum Gasteiger partial charge on any atom is -0.462 e. The average molecular weight is 334 g/mol. The minimum absolute atomic E-state index is 0.0642.